The maximum atomic E-state index is 6.13. The lowest BCUT2D eigenvalue weighted by molar-refractivity contribution is 0.132. The van der Waals surface area contributed by atoms with Crippen molar-refractivity contribution in [3.05, 3.63) is 41.3 Å². The average molecular weight is 237 g/mol. The van der Waals surface area contributed by atoms with Gasteiger partial charge in [-0.1, -0.05) is 29.8 Å². The van der Waals surface area contributed by atoms with Crippen LogP contribution < -0.4 is 0 Å². The van der Waals surface area contributed by atoms with Crippen LogP contribution in [0.15, 0.2) is 30.6 Å². The molecule has 1 heterocycles. The first-order valence-electron chi connectivity index (χ1n) is 5.17. The minimum absolute atomic E-state index is 0.525. The number of aromatic nitrogens is 2. The number of aromatic amines is 1. The van der Waals surface area contributed by atoms with Crippen LogP contribution >= 0.6 is 11.6 Å². The summed E-state index contributed by atoms with van der Waals surface area (Å²) in [5.74, 6) is 0. The van der Waals surface area contributed by atoms with E-state index in [4.69, 9.17) is 16.3 Å². The Morgan fingerprint density at radius 2 is 2.19 bits per heavy atom. The molecule has 0 unspecified atom stereocenters. The van der Waals surface area contributed by atoms with Crippen molar-refractivity contribution in [3.63, 3.8) is 0 Å². The van der Waals surface area contributed by atoms with E-state index < -0.39 is 0 Å². The first kappa shape index (κ1) is 11.2. The fourth-order valence-corrected chi connectivity index (χ4v) is 1.75. The highest BCUT2D eigenvalue weighted by Crippen LogP contribution is 2.28. The van der Waals surface area contributed by atoms with Crippen molar-refractivity contribution < 1.29 is 4.74 Å². The predicted molar refractivity (Wildman–Crippen MR) is 64.4 cm³/mol. The van der Waals surface area contributed by atoms with Gasteiger partial charge in [0, 0.05) is 12.2 Å². The van der Waals surface area contributed by atoms with E-state index in [1.165, 1.54) is 0 Å². The Kier molecular flexibility index (Phi) is 3.59. The van der Waals surface area contributed by atoms with Gasteiger partial charge < -0.3 is 9.72 Å². The van der Waals surface area contributed by atoms with E-state index in [1.54, 1.807) is 6.33 Å². The van der Waals surface area contributed by atoms with Gasteiger partial charge in [-0.3, -0.25) is 0 Å². The van der Waals surface area contributed by atoms with Crippen LogP contribution in [-0.2, 0) is 11.3 Å². The minimum Gasteiger partial charge on any atom is -0.375 e. The Balaban J connectivity index is 2.33. The second-order valence-corrected chi connectivity index (χ2v) is 3.75. The average Bonchev–Trinajstić information content (AvgIpc) is 2.75. The van der Waals surface area contributed by atoms with Crippen LogP contribution in [0, 0.1) is 0 Å². The van der Waals surface area contributed by atoms with Gasteiger partial charge >= 0.3 is 0 Å². The zero-order valence-corrected chi connectivity index (χ0v) is 9.79. The highest BCUT2D eigenvalue weighted by atomic mass is 35.5. The molecular formula is C12H13ClN2O. The van der Waals surface area contributed by atoms with E-state index in [0.29, 0.717) is 18.2 Å². The molecule has 0 bridgehead atoms. The summed E-state index contributed by atoms with van der Waals surface area (Å²) in [5, 5.41) is 0.701. The number of ether oxygens (including phenoxy) is 1. The monoisotopic (exact) mass is 236 g/mol. The number of hydrogen-bond acceptors (Lipinski definition) is 2. The number of halogens is 1. The summed E-state index contributed by atoms with van der Waals surface area (Å²) >= 11 is 6.13. The van der Waals surface area contributed by atoms with Crippen molar-refractivity contribution in [2.24, 2.45) is 0 Å². The topological polar surface area (TPSA) is 37.9 Å². The molecule has 0 aliphatic rings. The number of nitrogens with zero attached hydrogens (tertiary/aromatic N) is 1. The van der Waals surface area contributed by atoms with Crippen molar-refractivity contribution >= 4 is 11.6 Å². The van der Waals surface area contributed by atoms with Gasteiger partial charge in [-0.25, -0.2) is 4.98 Å². The Labute approximate surface area is 99.4 Å². The largest absolute Gasteiger partial charge is 0.375 e. The van der Waals surface area contributed by atoms with E-state index in [1.807, 2.05) is 31.2 Å². The van der Waals surface area contributed by atoms with E-state index in [0.717, 1.165) is 17.0 Å². The van der Waals surface area contributed by atoms with Gasteiger partial charge in [-0.05, 0) is 13.0 Å². The van der Waals surface area contributed by atoms with Crippen molar-refractivity contribution in [3.8, 4) is 11.3 Å². The third kappa shape index (κ3) is 2.26. The molecule has 1 N–H and O–H groups in total. The quantitative estimate of drug-likeness (QED) is 0.885. The SMILES string of the molecule is CCOCc1[nH]cnc1-c1ccccc1Cl. The molecule has 0 aliphatic carbocycles. The lowest BCUT2D eigenvalue weighted by Gasteiger charge is -2.04. The van der Waals surface area contributed by atoms with Crippen LogP contribution in [0.2, 0.25) is 5.02 Å². The first-order valence-corrected chi connectivity index (χ1v) is 5.55. The fraction of sp³-hybridized carbons (Fsp3) is 0.250. The molecule has 0 radical (unpaired) electrons. The van der Waals surface area contributed by atoms with Crippen LogP contribution in [-0.4, -0.2) is 16.6 Å². The number of rotatable bonds is 4. The molecule has 1 aromatic heterocycles. The number of hydrogen-bond donors (Lipinski definition) is 1. The summed E-state index contributed by atoms with van der Waals surface area (Å²) in [5.41, 5.74) is 2.74. The van der Waals surface area contributed by atoms with Crippen LogP contribution in [0.3, 0.4) is 0 Å². The fourth-order valence-electron chi connectivity index (χ4n) is 1.52. The van der Waals surface area contributed by atoms with Crippen molar-refractivity contribution in [1.82, 2.24) is 9.97 Å². The summed E-state index contributed by atoms with van der Waals surface area (Å²) in [6.45, 7) is 3.17. The van der Waals surface area contributed by atoms with Gasteiger partial charge in [0.2, 0.25) is 0 Å². The maximum absolute atomic E-state index is 6.13. The van der Waals surface area contributed by atoms with Gasteiger partial charge in [-0.2, -0.15) is 0 Å². The van der Waals surface area contributed by atoms with Gasteiger partial charge in [0.05, 0.1) is 29.3 Å². The molecule has 0 fully saturated rings. The van der Waals surface area contributed by atoms with Crippen molar-refractivity contribution in [2.45, 2.75) is 13.5 Å². The summed E-state index contributed by atoms with van der Waals surface area (Å²) in [7, 11) is 0. The van der Waals surface area contributed by atoms with E-state index in [9.17, 15) is 0 Å². The van der Waals surface area contributed by atoms with Gasteiger partial charge in [0.25, 0.3) is 0 Å². The molecule has 84 valence electrons. The summed E-state index contributed by atoms with van der Waals surface area (Å²) in [4.78, 5) is 7.35. The van der Waals surface area contributed by atoms with Crippen LogP contribution in [0.5, 0.6) is 0 Å². The molecule has 1 aromatic carbocycles. The van der Waals surface area contributed by atoms with Crippen molar-refractivity contribution in [2.75, 3.05) is 6.61 Å². The van der Waals surface area contributed by atoms with Crippen LogP contribution in [0.25, 0.3) is 11.3 Å². The van der Waals surface area contributed by atoms with Gasteiger partial charge in [-0.15, -0.1) is 0 Å². The smallest absolute Gasteiger partial charge is 0.0951 e. The summed E-state index contributed by atoms with van der Waals surface area (Å²) in [6.07, 6.45) is 1.66. The van der Waals surface area contributed by atoms with Gasteiger partial charge in [0.15, 0.2) is 0 Å². The number of imidazole rings is 1. The number of nitrogens with one attached hydrogen (secondary N) is 1. The Bertz CT molecular complexity index is 468. The molecule has 0 saturated carbocycles. The lowest BCUT2D eigenvalue weighted by atomic mass is 10.1. The Morgan fingerprint density at radius 3 is 2.94 bits per heavy atom. The molecule has 0 amide bonds. The normalized spacial score (nSPS) is 10.6. The molecule has 4 heteroatoms. The van der Waals surface area contributed by atoms with Crippen LogP contribution in [0.1, 0.15) is 12.6 Å². The number of benzene rings is 1. The maximum Gasteiger partial charge on any atom is 0.0951 e. The summed E-state index contributed by atoms with van der Waals surface area (Å²) < 4.78 is 5.37. The molecule has 2 aromatic rings. The lowest BCUT2D eigenvalue weighted by Crippen LogP contribution is -1.94. The second-order valence-electron chi connectivity index (χ2n) is 3.35. The Hall–Kier alpha value is -1.32. The first-order chi connectivity index (χ1) is 7.83. The van der Waals surface area contributed by atoms with Gasteiger partial charge in [0.1, 0.15) is 0 Å². The number of H-pyrrole nitrogens is 1. The standard InChI is InChI=1S/C12H13ClN2O/c1-2-16-7-11-12(15-8-14-11)9-5-3-4-6-10(9)13/h3-6,8H,2,7H2,1H3,(H,14,15). The second kappa shape index (κ2) is 5.14. The predicted octanol–water partition coefficient (Wildman–Crippen LogP) is 3.27. The molecule has 0 atom stereocenters. The zero-order chi connectivity index (χ0) is 11.4. The van der Waals surface area contributed by atoms with E-state index in [2.05, 4.69) is 9.97 Å². The zero-order valence-electron chi connectivity index (χ0n) is 9.03. The molecule has 0 spiro atoms. The molecule has 3 nitrogen and oxygen atoms in total. The third-order valence-electron chi connectivity index (χ3n) is 2.30. The molecule has 0 saturated heterocycles. The molecule has 0 aliphatic heterocycles. The van der Waals surface area contributed by atoms with Crippen LogP contribution in [0.4, 0.5) is 0 Å². The van der Waals surface area contributed by atoms with E-state index >= 15 is 0 Å². The van der Waals surface area contributed by atoms with E-state index in [-0.39, 0.29) is 0 Å². The highest BCUT2D eigenvalue weighted by molar-refractivity contribution is 6.33. The Morgan fingerprint density at radius 1 is 1.38 bits per heavy atom. The molecule has 16 heavy (non-hydrogen) atoms. The molecule has 2 rings (SSSR count). The molecular weight excluding hydrogens is 224 g/mol. The third-order valence-corrected chi connectivity index (χ3v) is 2.63. The summed E-state index contributed by atoms with van der Waals surface area (Å²) in [6, 6.07) is 7.66. The van der Waals surface area contributed by atoms with Crippen molar-refractivity contribution in [1.29, 1.82) is 0 Å². The highest BCUT2D eigenvalue weighted by Gasteiger charge is 2.10. The minimum atomic E-state index is 0.525.